The maximum absolute atomic E-state index is 12.3. The molecule has 1 aliphatic rings. The lowest BCUT2D eigenvalue weighted by atomic mass is 10.1. The number of aryl methyl sites for hydroxylation is 2. The molecule has 0 aliphatic carbocycles. The number of carboxylic acid groups (broad SMARTS) is 1. The molecule has 2 heterocycles. The predicted octanol–water partition coefficient (Wildman–Crippen LogP) is 1.76. The lowest BCUT2D eigenvalue weighted by molar-refractivity contribution is -0.139. The molecule has 2 aromatic rings. The molecule has 0 bridgehead atoms. The van der Waals surface area contributed by atoms with E-state index >= 15 is 0 Å². The third-order valence-electron chi connectivity index (χ3n) is 4.42. The van der Waals surface area contributed by atoms with E-state index in [4.69, 9.17) is 0 Å². The summed E-state index contributed by atoms with van der Waals surface area (Å²) in [5.41, 5.74) is 2.89. The van der Waals surface area contributed by atoms with Gasteiger partial charge in [0, 0.05) is 25.2 Å². The number of rotatable bonds is 5. The van der Waals surface area contributed by atoms with Crippen LogP contribution in [-0.4, -0.2) is 50.9 Å². The van der Waals surface area contributed by atoms with E-state index in [1.165, 1.54) is 0 Å². The predicted molar refractivity (Wildman–Crippen MR) is 92.4 cm³/mol. The fourth-order valence-electron chi connectivity index (χ4n) is 3.08. The number of aromatic nitrogens is 2. The summed E-state index contributed by atoms with van der Waals surface area (Å²) in [7, 11) is 0. The van der Waals surface area contributed by atoms with Crippen molar-refractivity contribution in [1.82, 2.24) is 20.0 Å². The minimum atomic E-state index is -1.03. The van der Waals surface area contributed by atoms with E-state index in [9.17, 15) is 14.7 Å². The number of carbonyl (C=O) groups excluding carboxylic acids is 1. The molecule has 1 aliphatic heterocycles. The number of carbonyl (C=O) groups is 2. The maximum atomic E-state index is 12.3. The zero-order valence-corrected chi connectivity index (χ0v) is 14.3. The molecule has 1 aromatic heterocycles. The molecule has 25 heavy (non-hydrogen) atoms. The number of hydrogen-bond donors (Lipinski definition) is 2. The van der Waals surface area contributed by atoms with Crippen LogP contribution in [0, 0.1) is 13.8 Å². The van der Waals surface area contributed by atoms with E-state index in [-0.39, 0.29) is 18.5 Å². The lowest BCUT2D eigenvalue weighted by Crippen LogP contribution is -2.57. The molecule has 7 nitrogen and oxygen atoms in total. The van der Waals surface area contributed by atoms with Gasteiger partial charge in [0.25, 0.3) is 0 Å². The third-order valence-corrected chi connectivity index (χ3v) is 4.42. The first-order valence-corrected chi connectivity index (χ1v) is 8.29. The SMILES string of the molecule is Cc1cc(C)n(C2CN(C(=O)N[C@@H](Cc3ccccc3)C(=O)O)C2)n1. The van der Waals surface area contributed by atoms with Crippen molar-refractivity contribution in [2.45, 2.75) is 32.4 Å². The lowest BCUT2D eigenvalue weighted by Gasteiger charge is -2.40. The van der Waals surface area contributed by atoms with E-state index < -0.39 is 12.0 Å². The molecule has 7 heteroatoms. The molecule has 1 atom stereocenters. The molecule has 1 aromatic carbocycles. The van der Waals surface area contributed by atoms with Gasteiger partial charge in [0.1, 0.15) is 6.04 Å². The van der Waals surface area contributed by atoms with Crippen LogP contribution < -0.4 is 5.32 Å². The number of likely N-dealkylation sites (tertiary alicyclic amines) is 1. The summed E-state index contributed by atoms with van der Waals surface area (Å²) < 4.78 is 1.93. The Hall–Kier alpha value is -2.83. The summed E-state index contributed by atoms with van der Waals surface area (Å²) >= 11 is 0. The Morgan fingerprint density at radius 3 is 2.52 bits per heavy atom. The van der Waals surface area contributed by atoms with E-state index in [2.05, 4.69) is 10.4 Å². The van der Waals surface area contributed by atoms with Crippen molar-refractivity contribution in [2.75, 3.05) is 13.1 Å². The van der Waals surface area contributed by atoms with Crippen LogP contribution >= 0.6 is 0 Å². The average molecular weight is 342 g/mol. The maximum Gasteiger partial charge on any atom is 0.326 e. The Kier molecular flexibility index (Phi) is 4.74. The second-order valence-corrected chi connectivity index (χ2v) is 6.46. The molecule has 3 rings (SSSR count). The fraction of sp³-hybridized carbons (Fsp3) is 0.389. The van der Waals surface area contributed by atoms with Gasteiger partial charge in [-0.1, -0.05) is 30.3 Å². The number of hydrogen-bond acceptors (Lipinski definition) is 3. The number of nitrogens with one attached hydrogen (secondary N) is 1. The Morgan fingerprint density at radius 2 is 1.96 bits per heavy atom. The van der Waals surface area contributed by atoms with Crippen LogP contribution in [0.5, 0.6) is 0 Å². The molecule has 1 fully saturated rings. The van der Waals surface area contributed by atoms with Crippen LogP contribution in [0.15, 0.2) is 36.4 Å². The van der Waals surface area contributed by atoms with Gasteiger partial charge in [0.05, 0.1) is 11.7 Å². The van der Waals surface area contributed by atoms with Gasteiger partial charge >= 0.3 is 12.0 Å². The first kappa shape index (κ1) is 17.0. The highest BCUT2D eigenvalue weighted by molar-refractivity contribution is 5.83. The fourth-order valence-corrected chi connectivity index (χ4v) is 3.08. The van der Waals surface area contributed by atoms with Crippen LogP contribution in [-0.2, 0) is 11.2 Å². The van der Waals surface area contributed by atoms with Crippen LogP contribution in [0.4, 0.5) is 4.79 Å². The first-order valence-electron chi connectivity index (χ1n) is 8.29. The van der Waals surface area contributed by atoms with Crippen molar-refractivity contribution in [3.63, 3.8) is 0 Å². The highest BCUT2D eigenvalue weighted by Gasteiger charge is 2.34. The standard InChI is InChI=1S/C18H22N4O3/c1-12-8-13(2)22(20-12)15-10-21(11-15)18(25)19-16(17(23)24)9-14-6-4-3-5-7-14/h3-8,15-16H,9-11H2,1-2H3,(H,19,25)(H,23,24)/t16-/m0/s1. The Bertz CT molecular complexity index is 766. The molecule has 0 saturated carbocycles. The Labute approximate surface area is 146 Å². The largest absolute Gasteiger partial charge is 0.480 e. The molecule has 0 spiro atoms. The quantitative estimate of drug-likeness (QED) is 0.867. The van der Waals surface area contributed by atoms with Gasteiger partial charge in [-0.05, 0) is 25.5 Å². The van der Waals surface area contributed by atoms with Crippen molar-refractivity contribution in [3.05, 3.63) is 53.3 Å². The monoisotopic (exact) mass is 342 g/mol. The zero-order valence-electron chi connectivity index (χ0n) is 14.3. The van der Waals surface area contributed by atoms with E-state index in [1.54, 1.807) is 4.90 Å². The summed E-state index contributed by atoms with van der Waals surface area (Å²) in [6, 6.07) is 10.1. The zero-order chi connectivity index (χ0) is 18.0. The van der Waals surface area contributed by atoms with Gasteiger partial charge in [-0.2, -0.15) is 5.10 Å². The number of aliphatic carboxylic acids is 1. The summed E-state index contributed by atoms with van der Waals surface area (Å²) in [6.45, 7) is 4.99. The summed E-state index contributed by atoms with van der Waals surface area (Å²) in [4.78, 5) is 25.4. The van der Waals surface area contributed by atoms with E-state index in [0.717, 1.165) is 17.0 Å². The van der Waals surface area contributed by atoms with Gasteiger partial charge in [-0.15, -0.1) is 0 Å². The van der Waals surface area contributed by atoms with Crippen LogP contribution in [0.1, 0.15) is 23.0 Å². The second-order valence-electron chi connectivity index (χ2n) is 6.46. The number of urea groups is 1. The highest BCUT2D eigenvalue weighted by Crippen LogP contribution is 2.22. The van der Waals surface area contributed by atoms with Crippen LogP contribution in [0.2, 0.25) is 0 Å². The molecule has 0 radical (unpaired) electrons. The Morgan fingerprint density at radius 1 is 1.28 bits per heavy atom. The number of nitrogens with zero attached hydrogens (tertiary/aromatic N) is 3. The summed E-state index contributed by atoms with van der Waals surface area (Å²) in [5.74, 6) is -1.03. The van der Waals surface area contributed by atoms with Crippen LogP contribution in [0.25, 0.3) is 0 Å². The van der Waals surface area contributed by atoms with E-state index in [1.807, 2.05) is 54.9 Å². The molecular weight excluding hydrogens is 320 g/mol. The molecule has 132 valence electrons. The molecule has 2 amide bonds. The summed E-state index contributed by atoms with van der Waals surface area (Å²) in [6.07, 6.45) is 0.261. The Balaban J connectivity index is 1.56. The topological polar surface area (TPSA) is 87.5 Å². The number of benzene rings is 1. The minimum Gasteiger partial charge on any atom is -0.480 e. The average Bonchev–Trinajstić information content (AvgIpc) is 2.84. The summed E-state index contributed by atoms with van der Waals surface area (Å²) in [5, 5.41) is 16.4. The van der Waals surface area contributed by atoms with Gasteiger partial charge in [-0.3, -0.25) is 4.68 Å². The number of amides is 2. The first-order chi connectivity index (χ1) is 11.9. The number of carboxylic acids is 1. The van der Waals surface area contributed by atoms with Crippen molar-refractivity contribution in [1.29, 1.82) is 0 Å². The molecular formula is C18H22N4O3. The minimum absolute atomic E-state index is 0.150. The van der Waals surface area contributed by atoms with Crippen molar-refractivity contribution >= 4 is 12.0 Å². The highest BCUT2D eigenvalue weighted by atomic mass is 16.4. The van der Waals surface area contributed by atoms with Gasteiger partial charge in [-0.25, -0.2) is 9.59 Å². The van der Waals surface area contributed by atoms with Crippen molar-refractivity contribution in [2.24, 2.45) is 0 Å². The van der Waals surface area contributed by atoms with Crippen LogP contribution in [0.3, 0.4) is 0 Å². The molecule has 2 N–H and O–H groups in total. The van der Waals surface area contributed by atoms with Gasteiger partial charge in [0.15, 0.2) is 0 Å². The van der Waals surface area contributed by atoms with Crippen molar-refractivity contribution < 1.29 is 14.7 Å². The smallest absolute Gasteiger partial charge is 0.326 e. The van der Waals surface area contributed by atoms with Gasteiger partial charge < -0.3 is 15.3 Å². The molecule has 1 saturated heterocycles. The second kappa shape index (κ2) is 6.96. The normalized spacial score (nSPS) is 15.5. The van der Waals surface area contributed by atoms with Crippen molar-refractivity contribution in [3.8, 4) is 0 Å². The molecule has 0 unspecified atom stereocenters. The van der Waals surface area contributed by atoms with Gasteiger partial charge in [0.2, 0.25) is 0 Å². The third kappa shape index (κ3) is 3.81. The van der Waals surface area contributed by atoms with E-state index in [0.29, 0.717) is 13.1 Å².